The fourth-order valence-electron chi connectivity index (χ4n) is 2.44. The Morgan fingerprint density at radius 2 is 2.11 bits per heavy atom. The first-order valence-corrected chi connectivity index (χ1v) is 7.03. The first-order valence-electron chi connectivity index (χ1n) is 7.03. The van der Waals surface area contributed by atoms with Crippen molar-refractivity contribution in [1.82, 2.24) is 15.2 Å². The van der Waals surface area contributed by atoms with Gasteiger partial charge in [0.1, 0.15) is 0 Å². The van der Waals surface area contributed by atoms with Crippen LogP contribution in [0.3, 0.4) is 0 Å². The fourth-order valence-corrected chi connectivity index (χ4v) is 2.44. The molecule has 1 amide bonds. The van der Waals surface area contributed by atoms with Gasteiger partial charge in [0.15, 0.2) is 0 Å². The van der Waals surface area contributed by atoms with Gasteiger partial charge in [-0.25, -0.2) is 0 Å². The standard InChI is InChI=1S/C15H23N3O/c1-18(2)15(19)7-6-13-4-3-5-14(17-13)12-8-10-16-11-9-12/h3-5,12,16H,6-11H2,1-2H3. The summed E-state index contributed by atoms with van der Waals surface area (Å²) in [6.07, 6.45) is 3.59. The van der Waals surface area contributed by atoms with Gasteiger partial charge in [-0.05, 0) is 44.5 Å². The number of carbonyl (C=O) groups excluding carboxylic acids is 1. The van der Waals surface area contributed by atoms with E-state index in [0.717, 1.165) is 38.0 Å². The van der Waals surface area contributed by atoms with E-state index in [1.807, 2.05) is 6.07 Å². The largest absolute Gasteiger partial charge is 0.349 e. The molecule has 1 aliphatic heterocycles. The normalized spacial score (nSPS) is 16.3. The molecule has 0 radical (unpaired) electrons. The predicted octanol–water partition coefficient (Wildman–Crippen LogP) is 1.57. The topological polar surface area (TPSA) is 45.2 Å². The summed E-state index contributed by atoms with van der Waals surface area (Å²) in [5.41, 5.74) is 2.22. The smallest absolute Gasteiger partial charge is 0.222 e. The van der Waals surface area contributed by atoms with E-state index in [2.05, 4.69) is 17.4 Å². The predicted molar refractivity (Wildman–Crippen MR) is 76.1 cm³/mol. The molecule has 1 saturated heterocycles. The number of pyridine rings is 1. The zero-order valence-corrected chi connectivity index (χ0v) is 11.9. The second-order valence-electron chi connectivity index (χ2n) is 5.37. The van der Waals surface area contributed by atoms with Crippen molar-refractivity contribution < 1.29 is 4.79 Å². The third-order valence-corrected chi connectivity index (χ3v) is 3.68. The number of hydrogen-bond donors (Lipinski definition) is 1. The van der Waals surface area contributed by atoms with Crippen LogP contribution >= 0.6 is 0 Å². The molecule has 0 spiro atoms. The molecule has 2 heterocycles. The molecule has 2 rings (SSSR count). The number of amides is 1. The molecule has 4 nitrogen and oxygen atoms in total. The lowest BCUT2D eigenvalue weighted by atomic mass is 9.94. The number of piperidine rings is 1. The highest BCUT2D eigenvalue weighted by molar-refractivity contribution is 5.75. The van der Waals surface area contributed by atoms with Crippen LogP contribution < -0.4 is 5.32 Å². The van der Waals surface area contributed by atoms with Gasteiger partial charge in [-0.2, -0.15) is 0 Å². The lowest BCUT2D eigenvalue weighted by Crippen LogP contribution is -2.27. The number of nitrogens with zero attached hydrogens (tertiary/aromatic N) is 2. The molecule has 19 heavy (non-hydrogen) atoms. The van der Waals surface area contributed by atoms with Crippen molar-refractivity contribution in [3.63, 3.8) is 0 Å². The Labute approximate surface area is 115 Å². The maximum atomic E-state index is 11.6. The second kappa shape index (κ2) is 6.66. The van der Waals surface area contributed by atoms with Crippen LogP contribution in [0.4, 0.5) is 0 Å². The molecule has 104 valence electrons. The maximum absolute atomic E-state index is 11.6. The van der Waals surface area contributed by atoms with Gasteiger partial charge >= 0.3 is 0 Å². The van der Waals surface area contributed by atoms with E-state index in [0.29, 0.717) is 12.3 Å². The van der Waals surface area contributed by atoms with Gasteiger partial charge in [-0.3, -0.25) is 9.78 Å². The Hall–Kier alpha value is -1.42. The van der Waals surface area contributed by atoms with Gasteiger partial charge in [0.05, 0.1) is 0 Å². The van der Waals surface area contributed by atoms with Crippen LogP contribution in [-0.4, -0.2) is 43.0 Å². The van der Waals surface area contributed by atoms with Crippen molar-refractivity contribution in [3.05, 3.63) is 29.6 Å². The highest BCUT2D eigenvalue weighted by atomic mass is 16.2. The van der Waals surface area contributed by atoms with Crippen molar-refractivity contribution in [3.8, 4) is 0 Å². The summed E-state index contributed by atoms with van der Waals surface area (Å²) in [6, 6.07) is 6.21. The molecule has 0 saturated carbocycles. The molecule has 0 aliphatic carbocycles. The summed E-state index contributed by atoms with van der Waals surface area (Å²) < 4.78 is 0. The van der Waals surface area contributed by atoms with Crippen LogP contribution in [0.15, 0.2) is 18.2 Å². The summed E-state index contributed by atoms with van der Waals surface area (Å²) in [5, 5.41) is 3.37. The van der Waals surface area contributed by atoms with E-state index in [9.17, 15) is 4.79 Å². The molecular weight excluding hydrogens is 238 g/mol. The molecule has 1 aromatic rings. The Kier molecular flexibility index (Phi) is 4.91. The van der Waals surface area contributed by atoms with E-state index in [1.54, 1.807) is 19.0 Å². The van der Waals surface area contributed by atoms with Crippen molar-refractivity contribution in [2.45, 2.75) is 31.6 Å². The summed E-state index contributed by atoms with van der Waals surface area (Å²) in [7, 11) is 3.59. The highest BCUT2D eigenvalue weighted by Gasteiger charge is 2.16. The monoisotopic (exact) mass is 261 g/mol. The molecule has 1 aliphatic rings. The van der Waals surface area contributed by atoms with Crippen LogP contribution in [0.25, 0.3) is 0 Å². The average molecular weight is 261 g/mol. The number of rotatable bonds is 4. The lowest BCUT2D eigenvalue weighted by Gasteiger charge is -2.22. The van der Waals surface area contributed by atoms with Crippen molar-refractivity contribution in [2.24, 2.45) is 0 Å². The molecule has 0 atom stereocenters. The van der Waals surface area contributed by atoms with Crippen molar-refractivity contribution in [1.29, 1.82) is 0 Å². The average Bonchev–Trinajstić information content (AvgIpc) is 2.46. The van der Waals surface area contributed by atoms with E-state index in [4.69, 9.17) is 4.98 Å². The first-order chi connectivity index (χ1) is 9.16. The van der Waals surface area contributed by atoms with Crippen molar-refractivity contribution >= 4 is 5.91 Å². The number of hydrogen-bond acceptors (Lipinski definition) is 3. The third kappa shape index (κ3) is 4.03. The molecule has 4 heteroatoms. The van der Waals surface area contributed by atoms with Gasteiger partial charge in [0.2, 0.25) is 5.91 Å². The molecular formula is C15H23N3O. The van der Waals surface area contributed by atoms with E-state index in [-0.39, 0.29) is 5.91 Å². The zero-order valence-electron chi connectivity index (χ0n) is 11.9. The molecule has 0 bridgehead atoms. The molecule has 1 aromatic heterocycles. The molecule has 0 aromatic carbocycles. The van der Waals surface area contributed by atoms with E-state index >= 15 is 0 Å². The van der Waals surface area contributed by atoms with E-state index < -0.39 is 0 Å². The van der Waals surface area contributed by atoms with Crippen LogP contribution in [0.5, 0.6) is 0 Å². The third-order valence-electron chi connectivity index (χ3n) is 3.68. The maximum Gasteiger partial charge on any atom is 0.222 e. The van der Waals surface area contributed by atoms with Gasteiger partial charge in [0, 0.05) is 37.8 Å². The number of aryl methyl sites for hydroxylation is 1. The quantitative estimate of drug-likeness (QED) is 0.895. The van der Waals surface area contributed by atoms with Crippen LogP contribution in [0, 0.1) is 0 Å². The van der Waals surface area contributed by atoms with Gasteiger partial charge in [0.25, 0.3) is 0 Å². The van der Waals surface area contributed by atoms with Gasteiger partial charge in [-0.1, -0.05) is 6.07 Å². The molecule has 1 fully saturated rings. The highest BCUT2D eigenvalue weighted by Crippen LogP contribution is 2.23. The minimum Gasteiger partial charge on any atom is -0.349 e. The SMILES string of the molecule is CN(C)C(=O)CCc1cccc(C2CCNCC2)n1. The van der Waals surface area contributed by atoms with Crippen LogP contribution in [-0.2, 0) is 11.2 Å². The summed E-state index contributed by atoms with van der Waals surface area (Å²) >= 11 is 0. The Balaban J connectivity index is 1.96. The number of carbonyl (C=O) groups is 1. The molecule has 1 N–H and O–H groups in total. The van der Waals surface area contributed by atoms with Crippen molar-refractivity contribution in [2.75, 3.05) is 27.2 Å². The second-order valence-corrected chi connectivity index (χ2v) is 5.37. The van der Waals surface area contributed by atoms with Crippen LogP contribution in [0.1, 0.15) is 36.6 Å². The minimum atomic E-state index is 0.161. The Morgan fingerprint density at radius 1 is 1.37 bits per heavy atom. The lowest BCUT2D eigenvalue weighted by molar-refractivity contribution is -0.128. The Bertz CT molecular complexity index is 425. The summed E-state index contributed by atoms with van der Waals surface area (Å²) in [4.78, 5) is 18.0. The molecule has 0 unspecified atom stereocenters. The minimum absolute atomic E-state index is 0.161. The fraction of sp³-hybridized carbons (Fsp3) is 0.600. The summed E-state index contributed by atoms with van der Waals surface area (Å²) in [6.45, 7) is 2.16. The van der Waals surface area contributed by atoms with Gasteiger partial charge < -0.3 is 10.2 Å². The van der Waals surface area contributed by atoms with Gasteiger partial charge in [-0.15, -0.1) is 0 Å². The van der Waals surface area contributed by atoms with E-state index in [1.165, 1.54) is 5.69 Å². The number of aromatic nitrogens is 1. The Morgan fingerprint density at radius 3 is 2.79 bits per heavy atom. The number of nitrogens with one attached hydrogen (secondary N) is 1. The zero-order chi connectivity index (χ0) is 13.7. The summed E-state index contributed by atoms with van der Waals surface area (Å²) in [5.74, 6) is 0.736. The van der Waals surface area contributed by atoms with Crippen LogP contribution in [0.2, 0.25) is 0 Å². The first kappa shape index (κ1) is 14.0.